The minimum atomic E-state index is -0.672. The average Bonchev–Trinajstić information content (AvgIpc) is 3.54. The summed E-state index contributed by atoms with van der Waals surface area (Å²) >= 11 is 0. The number of halogens is 2. The van der Waals surface area contributed by atoms with E-state index in [1.165, 1.54) is 29.2 Å². The molecule has 9 nitrogen and oxygen atoms in total. The number of nitrogens with zero attached hydrogens (tertiary/aromatic N) is 5. The van der Waals surface area contributed by atoms with E-state index in [2.05, 4.69) is 15.5 Å². The highest BCUT2D eigenvalue weighted by Crippen LogP contribution is 2.31. The molecule has 0 bridgehead atoms. The van der Waals surface area contributed by atoms with Gasteiger partial charge in [-0.15, -0.1) is 5.10 Å². The van der Waals surface area contributed by atoms with Gasteiger partial charge in [0.05, 0.1) is 36.8 Å². The van der Waals surface area contributed by atoms with Gasteiger partial charge in [-0.3, -0.25) is 4.90 Å². The van der Waals surface area contributed by atoms with E-state index >= 15 is 4.39 Å². The van der Waals surface area contributed by atoms with Crippen molar-refractivity contribution in [2.24, 2.45) is 5.16 Å². The highest BCUT2D eigenvalue weighted by atomic mass is 19.1. The Bertz CT molecular complexity index is 1280. The van der Waals surface area contributed by atoms with Gasteiger partial charge in [-0.25, -0.2) is 18.3 Å². The summed E-state index contributed by atoms with van der Waals surface area (Å²) in [7, 11) is 0. The monoisotopic (exact) mass is 469 g/mol. The first-order valence-corrected chi connectivity index (χ1v) is 10.7. The standard InChI is InChI=1S/C23H21F2N5O4/c1-13-9-29(28-26-13)10-17-11-30(23(32)33-17)15-3-5-19(21(25)7-15)18-4-2-14(6-20(18)24)22-8-16(12-31)34-27-22/h2-7,9,16-17,31H,8,10-12H2,1H3/t16?,17-/m0/s1. The van der Waals surface area contributed by atoms with Gasteiger partial charge in [0, 0.05) is 29.3 Å². The van der Waals surface area contributed by atoms with Gasteiger partial charge in [-0.05, 0) is 31.2 Å². The third-order valence-electron chi connectivity index (χ3n) is 5.71. The molecule has 1 amide bonds. The van der Waals surface area contributed by atoms with Crippen molar-refractivity contribution in [2.45, 2.75) is 32.1 Å². The number of hydrogen-bond acceptors (Lipinski definition) is 7. The molecule has 11 heteroatoms. The summed E-state index contributed by atoms with van der Waals surface area (Å²) in [5.74, 6) is -1.29. The molecule has 1 N–H and O–H groups in total. The molecule has 1 saturated heterocycles. The number of amides is 1. The van der Waals surface area contributed by atoms with Gasteiger partial charge in [-0.1, -0.05) is 22.5 Å². The lowest BCUT2D eigenvalue weighted by atomic mass is 9.99. The number of aliphatic hydroxyl groups is 1. The molecule has 176 valence electrons. The number of rotatable bonds is 6. The number of ether oxygens (including phenoxy) is 1. The number of aryl methyl sites for hydroxylation is 1. The van der Waals surface area contributed by atoms with E-state index in [9.17, 15) is 9.18 Å². The van der Waals surface area contributed by atoms with Crippen LogP contribution in [0.3, 0.4) is 0 Å². The maximum atomic E-state index is 15.0. The average molecular weight is 469 g/mol. The molecule has 0 radical (unpaired) electrons. The number of aliphatic hydroxyl groups excluding tert-OH is 1. The zero-order chi connectivity index (χ0) is 23.8. The van der Waals surface area contributed by atoms with E-state index in [0.29, 0.717) is 29.9 Å². The molecule has 2 aliphatic rings. The molecule has 3 heterocycles. The molecule has 0 aliphatic carbocycles. The number of anilines is 1. The van der Waals surface area contributed by atoms with Gasteiger partial charge < -0.3 is 14.7 Å². The summed E-state index contributed by atoms with van der Waals surface area (Å²) in [5.41, 5.74) is 2.22. The molecule has 2 aliphatic heterocycles. The van der Waals surface area contributed by atoms with Crippen LogP contribution >= 0.6 is 0 Å². The predicted molar refractivity (Wildman–Crippen MR) is 117 cm³/mol. The number of carbonyl (C=O) groups is 1. The smallest absolute Gasteiger partial charge is 0.414 e. The Hall–Kier alpha value is -3.86. The first kappa shape index (κ1) is 22.0. The van der Waals surface area contributed by atoms with E-state index in [-0.39, 0.29) is 24.3 Å². The lowest BCUT2D eigenvalue weighted by Gasteiger charge is -2.15. The van der Waals surface area contributed by atoms with Gasteiger partial charge >= 0.3 is 6.09 Å². The lowest BCUT2D eigenvalue weighted by molar-refractivity contribution is 0.0390. The quantitative estimate of drug-likeness (QED) is 0.596. The number of oxime groups is 1. The summed E-state index contributed by atoms with van der Waals surface area (Å²) in [4.78, 5) is 18.7. The summed E-state index contributed by atoms with van der Waals surface area (Å²) in [6, 6.07) is 8.53. The van der Waals surface area contributed by atoms with Crippen LogP contribution in [0.1, 0.15) is 17.7 Å². The highest BCUT2D eigenvalue weighted by molar-refractivity contribution is 6.01. The molecule has 5 rings (SSSR count). The van der Waals surface area contributed by atoms with Crippen LogP contribution in [0.5, 0.6) is 0 Å². The van der Waals surface area contributed by atoms with E-state index < -0.39 is 29.9 Å². The van der Waals surface area contributed by atoms with Crippen molar-refractivity contribution < 1.29 is 28.3 Å². The van der Waals surface area contributed by atoms with Crippen molar-refractivity contribution in [1.82, 2.24) is 15.0 Å². The number of carbonyl (C=O) groups excluding carboxylic acids is 1. The Kier molecular flexibility index (Phi) is 5.70. The maximum absolute atomic E-state index is 15.0. The Morgan fingerprint density at radius 2 is 1.88 bits per heavy atom. The van der Waals surface area contributed by atoms with Gasteiger partial charge in [0.1, 0.15) is 17.7 Å². The van der Waals surface area contributed by atoms with E-state index in [1.807, 2.05) is 0 Å². The van der Waals surface area contributed by atoms with Crippen LogP contribution < -0.4 is 4.90 Å². The van der Waals surface area contributed by atoms with Crippen molar-refractivity contribution in [3.05, 3.63) is 65.5 Å². The normalized spacial score (nSPS) is 19.8. The minimum Gasteiger partial charge on any atom is -0.442 e. The molecule has 0 spiro atoms. The fourth-order valence-electron chi connectivity index (χ4n) is 4.02. The van der Waals surface area contributed by atoms with Crippen molar-refractivity contribution in [3.8, 4) is 11.1 Å². The minimum absolute atomic E-state index is 0.0628. The van der Waals surface area contributed by atoms with Gasteiger partial charge in [0.15, 0.2) is 6.10 Å². The highest BCUT2D eigenvalue weighted by Gasteiger charge is 2.33. The van der Waals surface area contributed by atoms with Crippen LogP contribution in [-0.4, -0.2) is 57.3 Å². The first-order valence-electron chi connectivity index (χ1n) is 10.7. The lowest BCUT2D eigenvalue weighted by Crippen LogP contribution is -2.26. The van der Waals surface area contributed by atoms with Gasteiger partial charge in [0.25, 0.3) is 0 Å². The molecule has 2 atom stereocenters. The predicted octanol–water partition coefficient (Wildman–Crippen LogP) is 3.04. The van der Waals surface area contributed by atoms with E-state index in [1.54, 1.807) is 29.9 Å². The number of cyclic esters (lactones) is 1. The van der Waals surface area contributed by atoms with Crippen molar-refractivity contribution >= 4 is 17.5 Å². The number of benzene rings is 2. The summed E-state index contributed by atoms with van der Waals surface area (Å²) < 4.78 is 36.8. The molecule has 2 aromatic carbocycles. The number of aromatic nitrogens is 3. The van der Waals surface area contributed by atoms with Gasteiger partial charge in [0.2, 0.25) is 0 Å². The Morgan fingerprint density at radius 3 is 2.53 bits per heavy atom. The molecular formula is C23H21F2N5O4. The topological polar surface area (TPSA) is 102 Å². The van der Waals surface area contributed by atoms with E-state index in [0.717, 1.165) is 5.69 Å². The Balaban J connectivity index is 1.32. The summed E-state index contributed by atoms with van der Waals surface area (Å²) in [6.07, 6.45) is 0.601. The van der Waals surface area contributed by atoms with Crippen LogP contribution in [0, 0.1) is 18.6 Å². The molecule has 1 aromatic heterocycles. The van der Waals surface area contributed by atoms with Crippen molar-refractivity contribution in [2.75, 3.05) is 18.1 Å². The zero-order valence-corrected chi connectivity index (χ0v) is 18.2. The Morgan fingerprint density at radius 1 is 1.12 bits per heavy atom. The fraction of sp³-hybridized carbons (Fsp3) is 0.304. The largest absolute Gasteiger partial charge is 0.442 e. The number of hydrogen-bond donors (Lipinski definition) is 1. The second-order valence-electron chi connectivity index (χ2n) is 8.21. The second-order valence-corrected chi connectivity index (χ2v) is 8.21. The molecule has 34 heavy (non-hydrogen) atoms. The van der Waals surface area contributed by atoms with Crippen LogP contribution in [0.25, 0.3) is 11.1 Å². The molecule has 3 aromatic rings. The third kappa shape index (κ3) is 4.21. The van der Waals surface area contributed by atoms with E-state index in [4.69, 9.17) is 14.7 Å². The van der Waals surface area contributed by atoms with Gasteiger partial charge in [-0.2, -0.15) is 0 Å². The Labute approximate surface area is 193 Å². The molecule has 1 fully saturated rings. The van der Waals surface area contributed by atoms with Crippen LogP contribution in [-0.2, 0) is 16.1 Å². The first-order chi connectivity index (χ1) is 16.4. The SMILES string of the molecule is Cc1cn(C[C@H]2CN(c3ccc(-c4ccc(C5=NOC(CO)C5)cc4F)c(F)c3)C(=O)O2)nn1. The van der Waals surface area contributed by atoms with Crippen LogP contribution in [0.15, 0.2) is 47.8 Å². The maximum Gasteiger partial charge on any atom is 0.414 e. The summed E-state index contributed by atoms with van der Waals surface area (Å²) in [6.45, 7) is 2.17. The molecule has 1 unspecified atom stereocenters. The second kappa shape index (κ2) is 8.82. The third-order valence-corrected chi connectivity index (χ3v) is 5.71. The van der Waals surface area contributed by atoms with Crippen LogP contribution in [0.2, 0.25) is 0 Å². The molecule has 0 saturated carbocycles. The zero-order valence-electron chi connectivity index (χ0n) is 18.2. The molecular weight excluding hydrogens is 448 g/mol. The summed E-state index contributed by atoms with van der Waals surface area (Å²) in [5, 5.41) is 20.9. The fourth-order valence-corrected chi connectivity index (χ4v) is 4.02. The van der Waals surface area contributed by atoms with Crippen molar-refractivity contribution in [3.63, 3.8) is 0 Å². The van der Waals surface area contributed by atoms with Crippen LogP contribution in [0.4, 0.5) is 19.3 Å². The van der Waals surface area contributed by atoms with Crippen molar-refractivity contribution in [1.29, 1.82) is 0 Å².